The molecule has 0 fully saturated rings. The van der Waals surface area contributed by atoms with Crippen LogP contribution < -0.4 is 5.73 Å². The predicted molar refractivity (Wildman–Crippen MR) is 97.8 cm³/mol. The molecule has 0 spiro atoms. The summed E-state index contributed by atoms with van der Waals surface area (Å²) in [5.74, 6) is 0.749. The van der Waals surface area contributed by atoms with Crippen molar-refractivity contribution in [2.75, 3.05) is 5.73 Å². The zero-order valence-electron chi connectivity index (χ0n) is 13.8. The number of pyridine rings is 2. The Labute approximate surface area is 147 Å². The topological polar surface area (TPSA) is 75.6 Å². The molecule has 0 aliphatic heterocycles. The maximum Gasteiger partial charge on any atom is 0.142 e. The molecule has 1 aliphatic rings. The Balaban J connectivity index is 1.88. The fraction of sp³-hybridized carbons (Fsp3) is 0.190. The molecule has 4 rings (SSSR count). The molecule has 1 aliphatic carbocycles. The van der Waals surface area contributed by atoms with E-state index in [-0.39, 0.29) is 0 Å². The number of anilines is 1. The van der Waals surface area contributed by atoms with Gasteiger partial charge in [-0.3, -0.25) is 4.98 Å². The first kappa shape index (κ1) is 15.3. The van der Waals surface area contributed by atoms with Gasteiger partial charge in [-0.25, -0.2) is 4.98 Å². The Hall–Kier alpha value is -3.19. The molecule has 3 aromatic rings. The smallest absolute Gasteiger partial charge is 0.142 e. The monoisotopic (exact) mass is 326 g/mol. The van der Waals surface area contributed by atoms with Gasteiger partial charge in [0.05, 0.1) is 0 Å². The van der Waals surface area contributed by atoms with E-state index >= 15 is 0 Å². The molecule has 1 unspecified atom stereocenters. The molecule has 0 bridgehead atoms. The first-order valence-corrected chi connectivity index (χ1v) is 8.44. The maximum absolute atomic E-state index is 9.65. The molecule has 2 heterocycles. The zero-order valence-corrected chi connectivity index (χ0v) is 13.8. The van der Waals surface area contributed by atoms with Gasteiger partial charge >= 0.3 is 0 Å². The zero-order chi connectivity index (χ0) is 17.2. The summed E-state index contributed by atoms with van der Waals surface area (Å²) in [5.41, 5.74) is 11.9. The van der Waals surface area contributed by atoms with Gasteiger partial charge in [-0.2, -0.15) is 5.26 Å². The number of hydrogen-bond donors (Lipinski definition) is 1. The first-order chi connectivity index (χ1) is 12.3. The Morgan fingerprint density at radius 1 is 1.12 bits per heavy atom. The quantitative estimate of drug-likeness (QED) is 0.775. The number of aromatic nitrogens is 2. The van der Waals surface area contributed by atoms with Crippen LogP contribution in [0.3, 0.4) is 0 Å². The van der Waals surface area contributed by atoms with Gasteiger partial charge < -0.3 is 5.73 Å². The van der Waals surface area contributed by atoms with E-state index in [1.54, 1.807) is 12.4 Å². The number of benzene rings is 1. The predicted octanol–water partition coefficient (Wildman–Crippen LogP) is 3.87. The van der Waals surface area contributed by atoms with Crippen LogP contribution in [0.1, 0.15) is 34.7 Å². The molecule has 4 nitrogen and oxygen atoms in total. The summed E-state index contributed by atoms with van der Waals surface area (Å²) >= 11 is 0. The second kappa shape index (κ2) is 6.37. The number of nitrogen functional groups attached to an aromatic ring is 1. The number of aryl methyl sites for hydroxylation is 1. The summed E-state index contributed by atoms with van der Waals surface area (Å²) in [5, 5.41) is 9.65. The van der Waals surface area contributed by atoms with Crippen molar-refractivity contribution in [2.45, 2.75) is 25.2 Å². The minimum atomic E-state index is 0.318. The number of nitriles is 1. The highest BCUT2D eigenvalue weighted by Crippen LogP contribution is 2.39. The van der Waals surface area contributed by atoms with Crippen LogP contribution in [0, 0.1) is 11.3 Å². The Bertz CT molecular complexity index is 943. The maximum atomic E-state index is 9.65. The highest BCUT2D eigenvalue weighted by molar-refractivity contribution is 5.79. The normalized spacial score (nSPS) is 16.0. The second-order valence-corrected chi connectivity index (χ2v) is 6.38. The number of nitrogens with zero attached hydrogens (tertiary/aromatic N) is 3. The largest absolute Gasteiger partial charge is 0.383 e. The number of nitrogens with two attached hydrogens (primary N) is 1. The first-order valence-electron chi connectivity index (χ1n) is 8.44. The van der Waals surface area contributed by atoms with Crippen LogP contribution in [0.15, 0.2) is 54.9 Å². The van der Waals surface area contributed by atoms with Gasteiger partial charge in [0, 0.05) is 29.2 Å². The molecule has 0 radical (unpaired) electrons. The summed E-state index contributed by atoms with van der Waals surface area (Å²) in [6.45, 7) is 0. The highest BCUT2D eigenvalue weighted by atomic mass is 14.9. The summed E-state index contributed by atoms with van der Waals surface area (Å²) < 4.78 is 0. The molecule has 2 N–H and O–H groups in total. The summed E-state index contributed by atoms with van der Waals surface area (Å²) in [6.07, 6.45) is 6.31. The lowest BCUT2D eigenvalue weighted by atomic mass is 9.78. The summed E-state index contributed by atoms with van der Waals surface area (Å²) in [4.78, 5) is 8.76. The Morgan fingerprint density at radius 3 is 2.68 bits per heavy atom. The highest BCUT2D eigenvalue weighted by Gasteiger charge is 2.27. The minimum Gasteiger partial charge on any atom is -0.383 e. The third kappa shape index (κ3) is 2.74. The Kier molecular flexibility index (Phi) is 3.91. The average Bonchev–Trinajstić information content (AvgIpc) is 2.68. The molecule has 1 aromatic carbocycles. The van der Waals surface area contributed by atoms with E-state index in [0.29, 0.717) is 17.3 Å². The lowest BCUT2D eigenvalue weighted by molar-refractivity contribution is 0.576. The fourth-order valence-electron chi connectivity index (χ4n) is 3.73. The third-order valence-corrected chi connectivity index (χ3v) is 4.92. The molecule has 25 heavy (non-hydrogen) atoms. The van der Waals surface area contributed by atoms with E-state index in [1.165, 1.54) is 5.56 Å². The molecule has 0 saturated carbocycles. The van der Waals surface area contributed by atoms with E-state index < -0.39 is 0 Å². The summed E-state index contributed by atoms with van der Waals surface area (Å²) in [7, 11) is 0. The minimum absolute atomic E-state index is 0.318. The van der Waals surface area contributed by atoms with Crippen LogP contribution in [-0.4, -0.2) is 9.97 Å². The number of hydrogen-bond acceptors (Lipinski definition) is 4. The van der Waals surface area contributed by atoms with Gasteiger partial charge in [0.2, 0.25) is 0 Å². The molecule has 1 atom stereocenters. The van der Waals surface area contributed by atoms with Crippen LogP contribution >= 0.6 is 0 Å². The van der Waals surface area contributed by atoms with Crippen LogP contribution in [0.4, 0.5) is 5.82 Å². The lowest BCUT2D eigenvalue weighted by Gasteiger charge is -2.27. The van der Waals surface area contributed by atoms with Crippen molar-refractivity contribution in [1.29, 1.82) is 5.26 Å². The second-order valence-electron chi connectivity index (χ2n) is 6.38. The van der Waals surface area contributed by atoms with Gasteiger partial charge in [0.15, 0.2) is 0 Å². The van der Waals surface area contributed by atoms with Crippen molar-refractivity contribution in [3.05, 3.63) is 77.2 Å². The average molecular weight is 326 g/mol. The van der Waals surface area contributed by atoms with Crippen molar-refractivity contribution >= 4 is 5.82 Å². The number of rotatable bonds is 2. The molecular weight excluding hydrogens is 308 g/mol. The van der Waals surface area contributed by atoms with Gasteiger partial charge in [-0.15, -0.1) is 0 Å². The van der Waals surface area contributed by atoms with Gasteiger partial charge in [0.25, 0.3) is 0 Å². The van der Waals surface area contributed by atoms with Crippen LogP contribution in [-0.2, 0) is 12.8 Å². The lowest BCUT2D eigenvalue weighted by Crippen LogP contribution is -2.17. The van der Waals surface area contributed by atoms with Crippen molar-refractivity contribution in [3.63, 3.8) is 0 Å². The molecule has 0 amide bonds. The van der Waals surface area contributed by atoms with Crippen LogP contribution in [0.5, 0.6) is 0 Å². The summed E-state index contributed by atoms with van der Waals surface area (Å²) in [6, 6.07) is 16.7. The van der Waals surface area contributed by atoms with Crippen LogP contribution in [0.2, 0.25) is 0 Å². The van der Waals surface area contributed by atoms with E-state index in [4.69, 9.17) is 5.73 Å². The van der Waals surface area contributed by atoms with Gasteiger partial charge in [-0.1, -0.05) is 36.4 Å². The van der Waals surface area contributed by atoms with Crippen molar-refractivity contribution in [1.82, 2.24) is 9.97 Å². The van der Waals surface area contributed by atoms with Crippen molar-refractivity contribution in [2.24, 2.45) is 0 Å². The molecular formula is C21H18N4. The Morgan fingerprint density at radius 2 is 1.96 bits per heavy atom. The molecule has 0 saturated heterocycles. The van der Waals surface area contributed by atoms with Crippen LogP contribution in [0.25, 0.3) is 11.1 Å². The molecule has 4 heteroatoms. The van der Waals surface area contributed by atoms with Crippen molar-refractivity contribution < 1.29 is 0 Å². The number of fused-ring (bicyclic) bond motifs is 1. The van der Waals surface area contributed by atoms with Gasteiger partial charge in [-0.05, 0) is 42.4 Å². The standard InChI is InChI=1S/C21H18N4/c22-12-18-20(16-7-4-10-24-13-16)17-11-15(14-5-2-1-3-6-14)8-9-19(17)25-21(18)23/h1-7,10,13,15H,8-9,11H2,(H2,23,25). The van der Waals surface area contributed by atoms with E-state index in [1.807, 2.05) is 18.2 Å². The molecule has 2 aromatic heterocycles. The van der Waals surface area contributed by atoms with Gasteiger partial charge in [0.1, 0.15) is 17.5 Å². The van der Waals surface area contributed by atoms with E-state index in [2.05, 4.69) is 40.3 Å². The fourth-order valence-corrected chi connectivity index (χ4v) is 3.73. The SMILES string of the molecule is N#Cc1c(N)nc2c(c1-c1cccnc1)CC(c1ccccc1)CC2. The van der Waals surface area contributed by atoms with E-state index in [0.717, 1.165) is 41.6 Å². The van der Waals surface area contributed by atoms with E-state index in [9.17, 15) is 5.26 Å². The van der Waals surface area contributed by atoms with Crippen molar-refractivity contribution in [3.8, 4) is 17.2 Å². The molecule has 122 valence electrons. The third-order valence-electron chi connectivity index (χ3n) is 4.92.